The van der Waals surface area contributed by atoms with E-state index in [4.69, 9.17) is 4.74 Å². The van der Waals surface area contributed by atoms with Crippen molar-refractivity contribution in [2.75, 3.05) is 13.2 Å². The van der Waals surface area contributed by atoms with E-state index in [9.17, 15) is 19.8 Å². The first kappa shape index (κ1) is 80.1. The maximum Gasteiger partial charge on any atom is 0.305 e. The van der Waals surface area contributed by atoms with Gasteiger partial charge in [-0.15, -0.1) is 0 Å². The van der Waals surface area contributed by atoms with E-state index in [0.717, 1.165) is 51.4 Å². The van der Waals surface area contributed by atoms with Crippen LogP contribution in [0.5, 0.6) is 0 Å². The zero-order valence-electron chi connectivity index (χ0n) is 55.5. The fourth-order valence-electron chi connectivity index (χ4n) is 11.7. The van der Waals surface area contributed by atoms with E-state index in [1.54, 1.807) is 6.08 Å². The number of aliphatic hydroxyl groups is 2. The Morgan fingerprint density at radius 1 is 0.341 bits per heavy atom. The molecular weight excluding hydrogens is 1010 g/mol. The predicted molar refractivity (Wildman–Crippen MR) is 361 cm³/mol. The summed E-state index contributed by atoms with van der Waals surface area (Å²) >= 11 is 0. The molecule has 0 aliphatic heterocycles. The Morgan fingerprint density at radius 3 is 0.951 bits per heavy atom. The second kappa shape index (κ2) is 71.6. The minimum atomic E-state index is -0.843. The monoisotopic (exact) mass is 1150 g/mol. The normalized spacial score (nSPS) is 12.7. The molecule has 3 N–H and O–H groups in total. The minimum Gasteiger partial charge on any atom is -0.466 e. The number of carbonyl (C=O) groups excluding carboxylic acids is 2. The third kappa shape index (κ3) is 67.2. The number of rotatable bonds is 70. The molecular formula is C76H145NO5. The number of allylic oxidation sites excluding steroid dienone is 5. The first-order chi connectivity index (χ1) is 40.5. The van der Waals surface area contributed by atoms with Crippen LogP contribution < -0.4 is 5.32 Å². The second-order valence-corrected chi connectivity index (χ2v) is 25.6. The van der Waals surface area contributed by atoms with Gasteiger partial charge >= 0.3 is 5.97 Å². The minimum absolute atomic E-state index is 0.0153. The lowest BCUT2D eigenvalue weighted by molar-refractivity contribution is -0.143. The Morgan fingerprint density at radius 2 is 0.610 bits per heavy atom. The summed E-state index contributed by atoms with van der Waals surface area (Å²) in [6, 6.07) is -0.626. The quantitative estimate of drug-likeness (QED) is 0.0320. The molecule has 6 heteroatoms. The smallest absolute Gasteiger partial charge is 0.305 e. The number of unbranched alkanes of at least 4 members (excludes halogenated alkanes) is 55. The Balaban J connectivity index is 3.35. The number of amides is 1. The first-order valence-corrected chi connectivity index (χ1v) is 37.3. The molecule has 0 fully saturated rings. The van der Waals surface area contributed by atoms with Gasteiger partial charge in [0.05, 0.1) is 25.4 Å². The molecule has 0 radical (unpaired) electrons. The van der Waals surface area contributed by atoms with E-state index >= 15 is 0 Å². The molecule has 82 heavy (non-hydrogen) atoms. The van der Waals surface area contributed by atoms with E-state index < -0.39 is 12.1 Å². The number of nitrogens with one attached hydrogen (secondary N) is 1. The lowest BCUT2D eigenvalue weighted by Gasteiger charge is -2.20. The molecule has 0 rings (SSSR count). The summed E-state index contributed by atoms with van der Waals surface area (Å²) in [7, 11) is 0. The van der Waals surface area contributed by atoms with Crippen molar-refractivity contribution in [2.24, 2.45) is 0 Å². The van der Waals surface area contributed by atoms with Crippen molar-refractivity contribution in [3.63, 3.8) is 0 Å². The van der Waals surface area contributed by atoms with Gasteiger partial charge in [0.2, 0.25) is 5.91 Å². The number of hydrogen-bond acceptors (Lipinski definition) is 5. The van der Waals surface area contributed by atoms with E-state index in [2.05, 4.69) is 43.5 Å². The van der Waals surface area contributed by atoms with Crippen LogP contribution >= 0.6 is 0 Å². The highest BCUT2D eigenvalue weighted by Crippen LogP contribution is 2.19. The Hall–Kier alpha value is -1.92. The highest BCUT2D eigenvalue weighted by molar-refractivity contribution is 5.76. The van der Waals surface area contributed by atoms with Gasteiger partial charge in [-0.2, -0.15) is 0 Å². The average molecular weight is 1150 g/mol. The lowest BCUT2D eigenvalue weighted by atomic mass is 10.0. The molecule has 0 saturated heterocycles. The Labute approximate surface area is 513 Å². The van der Waals surface area contributed by atoms with Crippen LogP contribution in [-0.4, -0.2) is 47.4 Å². The summed E-state index contributed by atoms with van der Waals surface area (Å²) in [5.41, 5.74) is 0. The molecule has 0 aromatic heterocycles. The summed E-state index contributed by atoms with van der Waals surface area (Å²) in [6.45, 7) is 4.92. The third-order valence-electron chi connectivity index (χ3n) is 17.4. The topological polar surface area (TPSA) is 95.9 Å². The van der Waals surface area contributed by atoms with Crippen LogP contribution in [0.3, 0.4) is 0 Å². The van der Waals surface area contributed by atoms with Gasteiger partial charge < -0.3 is 20.3 Å². The molecule has 0 aliphatic carbocycles. The molecule has 0 saturated carbocycles. The molecule has 484 valence electrons. The van der Waals surface area contributed by atoms with E-state index in [0.29, 0.717) is 19.4 Å². The number of carbonyl (C=O) groups is 2. The van der Waals surface area contributed by atoms with E-state index in [-0.39, 0.29) is 18.5 Å². The van der Waals surface area contributed by atoms with Gasteiger partial charge in [-0.3, -0.25) is 9.59 Å². The predicted octanol–water partition coefficient (Wildman–Crippen LogP) is 24.3. The number of ether oxygens (including phenoxy) is 1. The molecule has 1 amide bonds. The summed E-state index contributed by atoms with van der Waals surface area (Å²) in [5.74, 6) is -0.0461. The third-order valence-corrected chi connectivity index (χ3v) is 17.4. The molecule has 2 unspecified atom stereocenters. The van der Waals surface area contributed by atoms with Gasteiger partial charge in [-0.1, -0.05) is 371 Å². The number of esters is 1. The van der Waals surface area contributed by atoms with Crippen LogP contribution in [-0.2, 0) is 14.3 Å². The fraction of sp³-hybridized carbons (Fsp3) is 0.895. The zero-order chi connectivity index (χ0) is 59.2. The van der Waals surface area contributed by atoms with Gasteiger partial charge in [0.25, 0.3) is 0 Å². The van der Waals surface area contributed by atoms with Crippen LogP contribution in [0.2, 0.25) is 0 Å². The number of aliphatic hydroxyl groups excluding tert-OH is 2. The fourth-order valence-corrected chi connectivity index (χ4v) is 11.7. The van der Waals surface area contributed by atoms with E-state index in [1.807, 2.05) is 6.08 Å². The van der Waals surface area contributed by atoms with Gasteiger partial charge in [-0.25, -0.2) is 0 Å². The molecule has 0 heterocycles. The Bertz CT molecular complexity index is 1330. The second-order valence-electron chi connectivity index (χ2n) is 25.6. The Kier molecular flexibility index (Phi) is 69.9. The largest absolute Gasteiger partial charge is 0.466 e. The van der Waals surface area contributed by atoms with Crippen molar-refractivity contribution < 1.29 is 24.5 Å². The van der Waals surface area contributed by atoms with Gasteiger partial charge in [-0.05, 0) is 64.2 Å². The summed E-state index contributed by atoms with van der Waals surface area (Å²) in [5, 5.41) is 23.2. The van der Waals surface area contributed by atoms with Crippen molar-refractivity contribution in [3.8, 4) is 0 Å². The van der Waals surface area contributed by atoms with Gasteiger partial charge in [0.1, 0.15) is 0 Å². The lowest BCUT2D eigenvalue weighted by Crippen LogP contribution is -2.45. The molecule has 0 aromatic carbocycles. The van der Waals surface area contributed by atoms with Crippen molar-refractivity contribution >= 4 is 11.9 Å². The summed E-state index contributed by atoms with van der Waals surface area (Å²) < 4.78 is 5.51. The van der Waals surface area contributed by atoms with Crippen molar-refractivity contribution in [3.05, 3.63) is 36.5 Å². The average Bonchev–Trinajstić information content (AvgIpc) is 3.48. The standard InChI is InChI=1S/C76H145NO5/c1-3-5-7-9-11-13-15-17-19-21-33-38-42-46-50-54-58-62-66-70-76(81)82-71-67-63-59-55-51-47-43-39-35-32-30-28-26-24-23-25-27-29-31-34-37-41-45-49-53-57-61-65-69-75(80)77-73(72-78)74(79)68-64-60-56-52-48-44-40-36-22-20-18-16-14-12-10-8-6-4-2/h11,13,17,19,64,68,73-74,78-79H,3-10,12,14-16,18,20-63,65-67,69-72H2,1-2H3,(H,77,80)/b13-11-,19-17-,68-64+. The van der Waals surface area contributed by atoms with Crippen molar-refractivity contribution in [2.45, 2.75) is 424 Å². The van der Waals surface area contributed by atoms with Crippen LogP contribution in [0, 0.1) is 0 Å². The van der Waals surface area contributed by atoms with E-state index in [1.165, 1.54) is 334 Å². The molecule has 0 aromatic rings. The molecule has 2 atom stereocenters. The number of hydrogen-bond donors (Lipinski definition) is 3. The first-order valence-electron chi connectivity index (χ1n) is 37.3. The maximum atomic E-state index is 12.5. The summed E-state index contributed by atoms with van der Waals surface area (Å²) in [6.07, 6.45) is 92.4. The van der Waals surface area contributed by atoms with Gasteiger partial charge in [0.15, 0.2) is 0 Å². The van der Waals surface area contributed by atoms with Crippen molar-refractivity contribution in [1.29, 1.82) is 0 Å². The molecule has 0 aliphatic rings. The van der Waals surface area contributed by atoms with Gasteiger partial charge in [0, 0.05) is 12.8 Å². The SMILES string of the molecule is CCCCC/C=C\C/C=C\CCCCCCCCCCCC(=O)OCCCCCCCCCCCCCCCCCCCCCCCCCCCCCCC(=O)NC(CO)C(O)/C=C/CCCCCCCCCCCCCCCCCC. The maximum absolute atomic E-state index is 12.5. The molecule has 0 spiro atoms. The molecule has 0 bridgehead atoms. The highest BCUT2D eigenvalue weighted by Gasteiger charge is 2.18. The zero-order valence-corrected chi connectivity index (χ0v) is 55.5. The van der Waals surface area contributed by atoms with Crippen LogP contribution in [0.1, 0.15) is 412 Å². The highest BCUT2D eigenvalue weighted by atomic mass is 16.5. The summed E-state index contributed by atoms with van der Waals surface area (Å²) in [4.78, 5) is 24.6. The van der Waals surface area contributed by atoms with Crippen molar-refractivity contribution in [1.82, 2.24) is 5.32 Å². The van der Waals surface area contributed by atoms with Crippen LogP contribution in [0.15, 0.2) is 36.5 Å². The molecule has 6 nitrogen and oxygen atoms in total. The van der Waals surface area contributed by atoms with Crippen LogP contribution in [0.25, 0.3) is 0 Å². The van der Waals surface area contributed by atoms with Crippen LogP contribution in [0.4, 0.5) is 0 Å².